The monoisotopic (exact) mass is 234 g/mol. The molecule has 0 bridgehead atoms. The molecule has 2 amide bonds. The minimum absolute atomic E-state index is 0.259. The van der Waals surface area contributed by atoms with E-state index in [9.17, 15) is 9.59 Å². The van der Waals surface area contributed by atoms with E-state index in [1.54, 1.807) is 31.4 Å². The number of nitrogens with one attached hydrogen (secondary N) is 2. The van der Waals surface area contributed by atoms with Gasteiger partial charge < -0.3 is 15.4 Å². The van der Waals surface area contributed by atoms with Crippen molar-refractivity contribution in [3.05, 3.63) is 36.9 Å². The molecule has 17 heavy (non-hydrogen) atoms. The van der Waals surface area contributed by atoms with E-state index >= 15 is 0 Å². The fourth-order valence-electron chi connectivity index (χ4n) is 1.11. The van der Waals surface area contributed by atoms with Crippen LogP contribution in [0, 0.1) is 0 Å². The van der Waals surface area contributed by atoms with Crippen LogP contribution in [0.1, 0.15) is 0 Å². The molecule has 1 rings (SSSR count). The second-order valence-electron chi connectivity index (χ2n) is 3.18. The first-order chi connectivity index (χ1) is 8.17. The van der Waals surface area contributed by atoms with Crippen molar-refractivity contribution in [3.63, 3.8) is 0 Å². The van der Waals surface area contributed by atoms with Gasteiger partial charge in [0.2, 0.25) is 0 Å². The average Bonchev–Trinajstić information content (AvgIpc) is 2.36. The molecule has 5 heteroatoms. The highest BCUT2D eigenvalue weighted by molar-refractivity contribution is 6.39. The van der Waals surface area contributed by atoms with Gasteiger partial charge in [-0.1, -0.05) is 6.08 Å². The van der Waals surface area contributed by atoms with Crippen molar-refractivity contribution >= 4 is 17.5 Å². The van der Waals surface area contributed by atoms with Crippen molar-refractivity contribution in [1.29, 1.82) is 0 Å². The predicted molar refractivity (Wildman–Crippen MR) is 64.8 cm³/mol. The van der Waals surface area contributed by atoms with Crippen molar-refractivity contribution in [3.8, 4) is 5.75 Å². The smallest absolute Gasteiger partial charge is 0.313 e. The van der Waals surface area contributed by atoms with Gasteiger partial charge in [0.25, 0.3) is 0 Å². The van der Waals surface area contributed by atoms with Crippen LogP contribution >= 0.6 is 0 Å². The lowest BCUT2D eigenvalue weighted by Gasteiger charge is -2.05. The standard InChI is InChI=1S/C12H14N2O3/c1-3-8-13-11(15)12(16)14-9-4-6-10(17-2)7-5-9/h3-7H,1,8H2,2H3,(H,13,15)(H,14,16). The molecule has 1 aromatic rings. The number of methoxy groups -OCH3 is 1. The first-order valence-corrected chi connectivity index (χ1v) is 5.01. The van der Waals surface area contributed by atoms with Gasteiger partial charge >= 0.3 is 11.8 Å². The van der Waals surface area contributed by atoms with Crippen LogP contribution in [0.25, 0.3) is 0 Å². The highest BCUT2D eigenvalue weighted by Gasteiger charge is 2.12. The highest BCUT2D eigenvalue weighted by Crippen LogP contribution is 2.14. The van der Waals surface area contributed by atoms with Crippen molar-refractivity contribution in [2.75, 3.05) is 19.0 Å². The molecule has 5 nitrogen and oxygen atoms in total. The first kappa shape index (κ1) is 12.8. The van der Waals surface area contributed by atoms with Gasteiger partial charge in [-0.05, 0) is 24.3 Å². The summed E-state index contributed by atoms with van der Waals surface area (Å²) in [5.74, 6) is -0.725. The fourth-order valence-corrected chi connectivity index (χ4v) is 1.11. The molecule has 0 saturated heterocycles. The molecule has 1 aromatic carbocycles. The van der Waals surface area contributed by atoms with E-state index < -0.39 is 11.8 Å². The zero-order valence-corrected chi connectivity index (χ0v) is 9.53. The van der Waals surface area contributed by atoms with E-state index in [-0.39, 0.29) is 6.54 Å². The van der Waals surface area contributed by atoms with Crippen molar-refractivity contribution in [2.45, 2.75) is 0 Å². The Balaban J connectivity index is 2.55. The number of carbonyl (C=O) groups is 2. The van der Waals surface area contributed by atoms with Gasteiger partial charge in [-0.25, -0.2) is 0 Å². The zero-order valence-electron chi connectivity index (χ0n) is 9.53. The maximum Gasteiger partial charge on any atom is 0.313 e. The number of ether oxygens (including phenoxy) is 1. The molecule has 0 unspecified atom stereocenters. The molecule has 2 N–H and O–H groups in total. The van der Waals surface area contributed by atoms with Crippen LogP contribution in [0.2, 0.25) is 0 Å². The fraction of sp³-hybridized carbons (Fsp3) is 0.167. The second-order valence-corrected chi connectivity index (χ2v) is 3.18. The maximum atomic E-state index is 11.4. The molecule has 0 radical (unpaired) electrons. The number of rotatable bonds is 4. The lowest BCUT2D eigenvalue weighted by Crippen LogP contribution is -2.35. The number of hydrogen-bond donors (Lipinski definition) is 2. The molecule has 0 fully saturated rings. The molecule has 0 spiro atoms. The van der Waals surface area contributed by atoms with E-state index in [2.05, 4.69) is 17.2 Å². The third-order valence-electron chi connectivity index (χ3n) is 1.96. The van der Waals surface area contributed by atoms with Gasteiger partial charge in [0, 0.05) is 12.2 Å². The first-order valence-electron chi connectivity index (χ1n) is 5.01. The second kappa shape index (κ2) is 6.32. The Labute approximate surface area is 99.5 Å². The van der Waals surface area contributed by atoms with Crippen LogP contribution in [0.5, 0.6) is 5.75 Å². The Morgan fingerprint density at radius 3 is 2.47 bits per heavy atom. The van der Waals surface area contributed by atoms with Gasteiger partial charge in [0.15, 0.2) is 0 Å². The van der Waals surface area contributed by atoms with Crippen molar-refractivity contribution < 1.29 is 14.3 Å². The number of amides is 2. The molecular weight excluding hydrogens is 220 g/mol. The minimum Gasteiger partial charge on any atom is -0.497 e. The van der Waals surface area contributed by atoms with Gasteiger partial charge in [-0.2, -0.15) is 0 Å². The Morgan fingerprint density at radius 2 is 1.94 bits per heavy atom. The molecule has 0 aliphatic rings. The van der Waals surface area contributed by atoms with Crippen LogP contribution < -0.4 is 15.4 Å². The summed E-state index contributed by atoms with van der Waals surface area (Å²) >= 11 is 0. The SMILES string of the molecule is C=CCNC(=O)C(=O)Nc1ccc(OC)cc1. The Hall–Kier alpha value is -2.30. The molecule has 0 aliphatic heterocycles. The largest absolute Gasteiger partial charge is 0.497 e. The number of hydrogen-bond acceptors (Lipinski definition) is 3. The number of benzene rings is 1. The lowest BCUT2D eigenvalue weighted by atomic mass is 10.3. The van der Waals surface area contributed by atoms with Gasteiger partial charge in [-0.3, -0.25) is 9.59 Å². The summed E-state index contributed by atoms with van der Waals surface area (Å²) in [5.41, 5.74) is 0.532. The number of carbonyl (C=O) groups excluding carboxylic acids is 2. The maximum absolute atomic E-state index is 11.4. The van der Waals surface area contributed by atoms with Crippen LogP contribution in [-0.4, -0.2) is 25.5 Å². The normalized spacial score (nSPS) is 9.24. The zero-order chi connectivity index (χ0) is 12.7. The summed E-state index contributed by atoms with van der Waals surface area (Å²) in [6, 6.07) is 6.68. The molecule has 0 heterocycles. The molecule has 0 aromatic heterocycles. The predicted octanol–water partition coefficient (Wildman–Crippen LogP) is 0.936. The summed E-state index contributed by atoms with van der Waals surface area (Å²) in [6.45, 7) is 3.69. The number of anilines is 1. The average molecular weight is 234 g/mol. The summed E-state index contributed by atoms with van der Waals surface area (Å²) in [4.78, 5) is 22.6. The molecular formula is C12H14N2O3. The highest BCUT2D eigenvalue weighted by atomic mass is 16.5. The van der Waals surface area contributed by atoms with Crippen molar-refractivity contribution in [1.82, 2.24) is 5.32 Å². The minimum atomic E-state index is -0.711. The van der Waals surface area contributed by atoms with E-state index in [1.165, 1.54) is 6.08 Å². The molecule has 0 aliphatic carbocycles. The lowest BCUT2D eigenvalue weighted by molar-refractivity contribution is -0.136. The summed E-state index contributed by atoms with van der Waals surface area (Å²) in [5, 5.41) is 4.84. The Morgan fingerprint density at radius 1 is 1.29 bits per heavy atom. The summed E-state index contributed by atoms with van der Waals surface area (Å²) < 4.78 is 4.97. The summed E-state index contributed by atoms with van der Waals surface area (Å²) in [6.07, 6.45) is 1.50. The van der Waals surface area contributed by atoms with Crippen LogP contribution in [-0.2, 0) is 9.59 Å². The topological polar surface area (TPSA) is 67.4 Å². The van der Waals surface area contributed by atoms with Crippen LogP contribution in [0.3, 0.4) is 0 Å². The van der Waals surface area contributed by atoms with Gasteiger partial charge in [0.1, 0.15) is 5.75 Å². The Kier molecular flexibility index (Phi) is 4.75. The van der Waals surface area contributed by atoms with Gasteiger partial charge in [-0.15, -0.1) is 6.58 Å². The van der Waals surface area contributed by atoms with Crippen LogP contribution in [0.15, 0.2) is 36.9 Å². The van der Waals surface area contributed by atoms with E-state index in [0.717, 1.165) is 0 Å². The quantitative estimate of drug-likeness (QED) is 0.601. The molecule has 0 saturated carbocycles. The molecule has 90 valence electrons. The summed E-state index contributed by atoms with van der Waals surface area (Å²) in [7, 11) is 1.55. The molecule has 0 atom stereocenters. The van der Waals surface area contributed by atoms with E-state index in [4.69, 9.17) is 4.74 Å². The van der Waals surface area contributed by atoms with Crippen LogP contribution in [0.4, 0.5) is 5.69 Å². The van der Waals surface area contributed by atoms with Gasteiger partial charge in [0.05, 0.1) is 7.11 Å². The third-order valence-corrected chi connectivity index (χ3v) is 1.96. The van der Waals surface area contributed by atoms with E-state index in [0.29, 0.717) is 11.4 Å². The van der Waals surface area contributed by atoms with E-state index in [1.807, 2.05) is 0 Å². The van der Waals surface area contributed by atoms with Crippen molar-refractivity contribution in [2.24, 2.45) is 0 Å². The Bertz CT molecular complexity index is 412. The third kappa shape index (κ3) is 3.98.